The molecule has 0 aliphatic carbocycles. The molecule has 0 aliphatic rings. The van der Waals surface area contributed by atoms with Gasteiger partial charge in [-0.15, -0.1) is 0 Å². The third-order valence-corrected chi connectivity index (χ3v) is 3.20. The van der Waals surface area contributed by atoms with E-state index in [1.54, 1.807) is 18.4 Å². The van der Waals surface area contributed by atoms with Crippen LogP contribution in [0.4, 0.5) is 5.82 Å². The van der Waals surface area contributed by atoms with Gasteiger partial charge in [0.1, 0.15) is 6.54 Å². The first-order chi connectivity index (χ1) is 8.58. The van der Waals surface area contributed by atoms with Gasteiger partial charge in [0.2, 0.25) is 5.91 Å². The maximum absolute atomic E-state index is 11.7. The topological polar surface area (TPSA) is 84.2 Å². The maximum atomic E-state index is 11.7. The highest BCUT2D eigenvalue weighted by Crippen LogP contribution is 2.18. The van der Waals surface area contributed by atoms with Crippen LogP contribution in [0.2, 0.25) is 0 Å². The SMILES string of the molecule is Cc1csc(=O)n1CC(=O)Nc1ncccc1O. The second-order valence-electron chi connectivity index (χ2n) is 3.65. The minimum atomic E-state index is -0.410. The Kier molecular flexibility index (Phi) is 3.42. The molecule has 2 aromatic heterocycles. The summed E-state index contributed by atoms with van der Waals surface area (Å²) in [5, 5.41) is 13.6. The molecular weight excluding hydrogens is 254 g/mol. The number of rotatable bonds is 3. The second kappa shape index (κ2) is 5.01. The molecule has 0 saturated carbocycles. The van der Waals surface area contributed by atoms with Crippen molar-refractivity contribution in [2.75, 3.05) is 5.32 Å². The Morgan fingerprint density at radius 2 is 2.39 bits per heavy atom. The lowest BCUT2D eigenvalue weighted by Gasteiger charge is -2.07. The molecule has 0 aromatic carbocycles. The summed E-state index contributed by atoms with van der Waals surface area (Å²) in [4.78, 5) is 26.8. The largest absolute Gasteiger partial charge is 0.504 e. The Labute approximate surface area is 107 Å². The number of hydrogen-bond acceptors (Lipinski definition) is 5. The highest BCUT2D eigenvalue weighted by atomic mass is 32.1. The van der Waals surface area contributed by atoms with Gasteiger partial charge in [-0.25, -0.2) is 4.98 Å². The molecule has 6 nitrogen and oxygen atoms in total. The number of pyridine rings is 1. The van der Waals surface area contributed by atoms with Crippen molar-refractivity contribution in [3.05, 3.63) is 39.1 Å². The number of aromatic nitrogens is 2. The Balaban J connectivity index is 2.11. The van der Waals surface area contributed by atoms with Crippen molar-refractivity contribution in [2.24, 2.45) is 0 Å². The fraction of sp³-hybridized carbons (Fsp3) is 0.182. The van der Waals surface area contributed by atoms with Gasteiger partial charge in [-0.1, -0.05) is 11.3 Å². The van der Waals surface area contributed by atoms with Crippen LogP contribution in [0, 0.1) is 6.92 Å². The zero-order valence-electron chi connectivity index (χ0n) is 9.58. The predicted octanol–water partition coefficient (Wildman–Crippen LogP) is 0.958. The van der Waals surface area contributed by atoms with Crippen molar-refractivity contribution in [1.29, 1.82) is 0 Å². The van der Waals surface area contributed by atoms with Gasteiger partial charge in [0.25, 0.3) is 0 Å². The van der Waals surface area contributed by atoms with E-state index in [9.17, 15) is 14.7 Å². The van der Waals surface area contributed by atoms with Crippen LogP contribution in [0.1, 0.15) is 5.69 Å². The molecule has 0 radical (unpaired) electrons. The van der Waals surface area contributed by atoms with Gasteiger partial charge in [0, 0.05) is 17.3 Å². The van der Waals surface area contributed by atoms with E-state index in [1.165, 1.54) is 16.8 Å². The molecule has 2 N–H and O–H groups in total. The molecule has 0 atom stereocenters. The van der Waals surface area contributed by atoms with Gasteiger partial charge in [0.15, 0.2) is 11.6 Å². The maximum Gasteiger partial charge on any atom is 0.307 e. The molecule has 0 saturated heterocycles. The number of nitrogens with one attached hydrogen (secondary N) is 1. The van der Waals surface area contributed by atoms with E-state index in [1.807, 2.05) is 0 Å². The molecule has 2 heterocycles. The molecule has 0 aliphatic heterocycles. The van der Waals surface area contributed by atoms with E-state index in [0.717, 1.165) is 17.0 Å². The molecule has 0 bridgehead atoms. The summed E-state index contributed by atoms with van der Waals surface area (Å²) in [6.07, 6.45) is 1.46. The van der Waals surface area contributed by atoms with E-state index in [0.29, 0.717) is 0 Å². The van der Waals surface area contributed by atoms with Crippen LogP contribution < -0.4 is 10.2 Å². The lowest BCUT2D eigenvalue weighted by molar-refractivity contribution is -0.116. The third kappa shape index (κ3) is 2.57. The first kappa shape index (κ1) is 12.3. The van der Waals surface area contributed by atoms with Crippen molar-refractivity contribution in [3.8, 4) is 5.75 Å². The molecule has 0 spiro atoms. The van der Waals surface area contributed by atoms with Crippen LogP contribution in [0.15, 0.2) is 28.5 Å². The van der Waals surface area contributed by atoms with Crippen molar-refractivity contribution >= 4 is 23.1 Å². The van der Waals surface area contributed by atoms with E-state index >= 15 is 0 Å². The Morgan fingerprint density at radius 1 is 1.61 bits per heavy atom. The van der Waals surface area contributed by atoms with E-state index < -0.39 is 5.91 Å². The number of thiazole rings is 1. The van der Waals surface area contributed by atoms with Gasteiger partial charge in [-0.2, -0.15) is 0 Å². The highest BCUT2D eigenvalue weighted by Gasteiger charge is 2.10. The molecule has 2 aromatic rings. The van der Waals surface area contributed by atoms with Crippen LogP contribution in [0.5, 0.6) is 5.75 Å². The lowest BCUT2D eigenvalue weighted by Crippen LogP contribution is -2.25. The van der Waals surface area contributed by atoms with Crippen LogP contribution in [-0.2, 0) is 11.3 Å². The zero-order chi connectivity index (χ0) is 13.1. The fourth-order valence-electron chi connectivity index (χ4n) is 1.40. The smallest absolute Gasteiger partial charge is 0.307 e. The number of anilines is 1. The fourth-order valence-corrected chi connectivity index (χ4v) is 2.14. The predicted molar refractivity (Wildman–Crippen MR) is 67.8 cm³/mol. The molecule has 2 rings (SSSR count). The first-order valence-corrected chi connectivity index (χ1v) is 6.04. The molecule has 1 amide bonds. The highest BCUT2D eigenvalue weighted by molar-refractivity contribution is 7.07. The summed E-state index contributed by atoms with van der Waals surface area (Å²) < 4.78 is 1.36. The van der Waals surface area contributed by atoms with Crippen LogP contribution in [0.25, 0.3) is 0 Å². The number of hydrogen-bond donors (Lipinski definition) is 2. The van der Waals surface area contributed by atoms with Crippen molar-refractivity contribution in [2.45, 2.75) is 13.5 Å². The standard InChI is InChI=1S/C11H11N3O3S/c1-7-6-18-11(17)14(7)5-9(16)13-10-8(15)3-2-4-12-10/h2-4,6,15H,5H2,1H3,(H,12,13,16). The summed E-state index contributed by atoms with van der Waals surface area (Å²) >= 11 is 1.04. The Hall–Kier alpha value is -2.15. The van der Waals surface area contributed by atoms with Crippen molar-refractivity contribution < 1.29 is 9.90 Å². The monoisotopic (exact) mass is 265 g/mol. The number of aromatic hydroxyl groups is 1. The van der Waals surface area contributed by atoms with Gasteiger partial charge in [-0.05, 0) is 19.1 Å². The molecular formula is C11H11N3O3S. The minimum absolute atomic E-state index is 0.0865. The Morgan fingerprint density at radius 3 is 3.00 bits per heavy atom. The molecule has 94 valence electrons. The van der Waals surface area contributed by atoms with E-state index in [-0.39, 0.29) is 23.0 Å². The van der Waals surface area contributed by atoms with Gasteiger partial charge in [0.05, 0.1) is 0 Å². The summed E-state index contributed by atoms with van der Waals surface area (Å²) in [6.45, 7) is 1.66. The molecule has 7 heteroatoms. The van der Waals surface area contributed by atoms with E-state index in [2.05, 4.69) is 10.3 Å². The van der Waals surface area contributed by atoms with Gasteiger partial charge < -0.3 is 10.4 Å². The average molecular weight is 265 g/mol. The van der Waals surface area contributed by atoms with Gasteiger partial charge >= 0.3 is 4.87 Å². The van der Waals surface area contributed by atoms with Crippen LogP contribution in [0.3, 0.4) is 0 Å². The number of carbonyl (C=O) groups excluding carboxylic acids is 1. The number of aryl methyl sites for hydroxylation is 1. The third-order valence-electron chi connectivity index (χ3n) is 2.32. The first-order valence-electron chi connectivity index (χ1n) is 5.16. The van der Waals surface area contributed by atoms with Crippen LogP contribution in [-0.4, -0.2) is 20.6 Å². The molecule has 0 unspecified atom stereocenters. The van der Waals surface area contributed by atoms with Crippen LogP contribution >= 0.6 is 11.3 Å². The number of carbonyl (C=O) groups is 1. The molecule has 18 heavy (non-hydrogen) atoms. The summed E-state index contributed by atoms with van der Waals surface area (Å²) in [6, 6.07) is 2.98. The second-order valence-corrected chi connectivity index (χ2v) is 4.47. The number of nitrogens with zero attached hydrogens (tertiary/aromatic N) is 2. The summed E-state index contributed by atoms with van der Waals surface area (Å²) in [5.41, 5.74) is 0.727. The Bertz CT molecular complexity index is 632. The molecule has 0 fully saturated rings. The quantitative estimate of drug-likeness (QED) is 0.865. The van der Waals surface area contributed by atoms with Gasteiger partial charge in [-0.3, -0.25) is 14.2 Å². The lowest BCUT2D eigenvalue weighted by atomic mass is 10.4. The minimum Gasteiger partial charge on any atom is -0.504 e. The summed E-state index contributed by atoms with van der Waals surface area (Å²) in [5.74, 6) is -0.434. The summed E-state index contributed by atoms with van der Waals surface area (Å²) in [7, 11) is 0. The van der Waals surface area contributed by atoms with Crippen molar-refractivity contribution in [3.63, 3.8) is 0 Å². The van der Waals surface area contributed by atoms with Crippen molar-refractivity contribution in [1.82, 2.24) is 9.55 Å². The van der Waals surface area contributed by atoms with E-state index in [4.69, 9.17) is 0 Å². The number of amides is 1. The normalized spacial score (nSPS) is 10.3. The average Bonchev–Trinajstić information content (AvgIpc) is 2.64. The zero-order valence-corrected chi connectivity index (χ0v) is 10.4.